The Morgan fingerprint density at radius 2 is 1.82 bits per heavy atom. The van der Waals surface area contributed by atoms with E-state index >= 15 is 0 Å². The first kappa shape index (κ1) is 22.0. The topological polar surface area (TPSA) is 60.2 Å². The van der Waals surface area contributed by atoms with Gasteiger partial charge in [-0.05, 0) is 58.2 Å². The number of nitrogens with zero attached hydrogens (tertiary/aromatic N) is 2. The van der Waals surface area contributed by atoms with Crippen LogP contribution in [-0.2, 0) is 19.7 Å². The van der Waals surface area contributed by atoms with Crippen LogP contribution in [0.5, 0.6) is 0 Å². The van der Waals surface area contributed by atoms with Crippen molar-refractivity contribution in [3.8, 4) is 0 Å². The maximum Gasteiger partial charge on any atom is 0.410 e. The molecule has 2 rings (SSSR count). The number of hydrogen-bond acceptors (Lipinski definition) is 4. The molecule has 1 aliphatic rings. The monoisotopic (exact) mass is 406 g/mol. The third-order valence-corrected chi connectivity index (χ3v) is 5.14. The van der Waals surface area contributed by atoms with Gasteiger partial charge in [-0.1, -0.05) is 23.7 Å². The molecule has 0 saturated carbocycles. The first-order valence-corrected chi connectivity index (χ1v) is 9.78. The highest BCUT2D eigenvalue weighted by atomic mass is 35.5. The summed E-state index contributed by atoms with van der Waals surface area (Å²) >= 11 is 6.03. The largest absolute Gasteiger partial charge is 0.460 e. The molecule has 1 heterocycles. The van der Waals surface area contributed by atoms with Crippen LogP contribution in [0.4, 0.5) is 4.79 Å². The zero-order valence-electron chi connectivity index (χ0n) is 16.8. The zero-order valence-corrected chi connectivity index (χ0v) is 17.6. The third-order valence-electron chi connectivity index (χ3n) is 4.89. The summed E-state index contributed by atoms with van der Waals surface area (Å²) in [4.78, 5) is 30.2. The van der Waals surface area contributed by atoms with Crippen molar-refractivity contribution in [1.29, 1.82) is 0 Å². The van der Waals surface area contributed by atoms with Crippen molar-refractivity contribution in [3.63, 3.8) is 0 Å². The summed E-state index contributed by atoms with van der Waals surface area (Å²) in [5.41, 5.74) is -0.460. The maximum atomic E-state index is 12.6. The number of rotatable bonds is 4. The Balaban J connectivity index is 2.32. The lowest BCUT2D eigenvalue weighted by atomic mass is 9.67. The Labute approximate surface area is 171 Å². The van der Waals surface area contributed by atoms with Gasteiger partial charge in [-0.15, -0.1) is 0 Å². The van der Waals surface area contributed by atoms with Crippen LogP contribution in [0.15, 0.2) is 24.3 Å². The number of likely N-dealkylation sites (tertiary alicyclic amines) is 1. The molecule has 6 nitrogen and oxygen atoms in total. The maximum absolute atomic E-state index is 12.6. The van der Waals surface area contributed by atoms with Crippen molar-refractivity contribution in [2.75, 3.05) is 19.7 Å². The summed E-state index contributed by atoms with van der Waals surface area (Å²) in [6.07, 6.45) is 0.534. The SMILES string of the molecule is [C-]#[N+]C(C(=O)OCC)C1(c2ccc(Cl)cc2)CCN(C(=O)OC(C)(C)C)CC1. The minimum atomic E-state index is -0.977. The Morgan fingerprint density at radius 1 is 1.25 bits per heavy atom. The minimum absolute atomic E-state index is 0.214. The van der Waals surface area contributed by atoms with Gasteiger partial charge >= 0.3 is 18.1 Å². The van der Waals surface area contributed by atoms with E-state index in [4.69, 9.17) is 27.6 Å². The van der Waals surface area contributed by atoms with Crippen LogP contribution < -0.4 is 0 Å². The summed E-state index contributed by atoms with van der Waals surface area (Å²) in [5.74, 6) is -0.529. The normalized spacial score (nSPS) is 17.4. The number of halogens is 1. The van der Waals surface area contributed by atoms with Crippen molar-refractivity contribution in [3.05, 3.63) is 46.3 Å². The fraction of sp³-hybridized carbons (Fsp3) is 0.571. The van der Waals surface area contributed by atoms with E-state index in [1.54, 1.807) is 24.0 Å². The number of carbonyl (C=O) groups is 2. The second kappa shape index (κ2) is 8.83. The summed E-state index contributed by atoms with van der Waals surface area (Å²) in [5, 5.41) is 0.584. The molecule has 0 bridgehead atoms. The van der Waals surface area contributed by atoms with Gasteiger partial charge in [0.05, 0.1) is 12.0 Å². The van der Waals surface area contributed by atoms with Crippen molar-refractivity contribution in [1.82, 2.24) is 4.90 Å². The quantitative estimate of drug-likeness (QED) is 0.547. The molecule has 1 atom stereocenters. The lowest BCUT2D eigenvalue weighted by Gasteiger charge is -2.41. The van der Waals surface area contributed by atoms with Gasteiger partial charge in [0.2, 0.25) is 0 Å². The molecule has 0 aliphatic carbocycles. The lowest BCUT2D eigenvalue weighted by Crippen LogP contribution is -2.53. The van der Waals surface area contributed by atoms with Gasteiger partial charge in [0.25, 0.3) is 0 Å². The molecule has 1 fully saturated rings. The number of hydrogen-bond donors (Lipinski definition) is 0. The highest BCUT2D eigenvalue weighted by molar-refractivity contribution is 6.30. The van der Waals surface area contributed by atoms with Crippen LogP contribution in [0.3, 0.4) is 0 Å². The zero-order chi connectivity index (χ0) is 20.9. The number of benzene rings is 1. The van der Waals surface area contributed by atoms with E-state index < -0.39 is 23.0 Å². The van der Waals surface area contributed by atoms with Crippen LogP contribution >= 0.6 is 11.6 Å². The molecule has 7 heteroatoms. The summed E-state index contributed by atoms with van der Waals surface area (Å²) in [6.45, 7) is 15.9. The second-order valence-corrected chi connectivity index (χ2v) is 8.35. The van der Waals surface area contributed by atoms with Gasteiger partial charge in [-0.2, -0.15) is 0 Å². The van der Waals surface area contributed by atoms with Crippen LogP contribution in [0.25, 0.3) is 4.85 Å². The molecule has 0 aromatic heterocycles. The Bertz CT molecular complexity index is 741. The van der Waals surface area contributed by atoms with E-state index in [-0.39, 0.29) is 12.7 Å². The number of ether oxygens (including phenoxy) is 2. The molecule has 1 unspecified atom stereocenters. The van der Waals surface area contributed by atoms with Crippen molar-refractivity contribution >= 4 is 23.7 Å². The highest BCUT2D eigenvalue weighted by Crippen LogP contribution is 2.41. The smallest absolute Gasteiger partial charge is 0.410 e. The first-order chi connectivity index (χ1) is 13.1. The van der Waals surface area contributed by atoms with Gasteiger partial charge in [0.1, 0.15) is 5.60 Å². The fourth-order valence-electron chi connectivity index (χ4n) is 3.54. The minimum Gasteiger partial charge on any atom is -0.460 e. The highest BCUT2D eigenvalue weighted by Gasteiger charge is 2.53. The van der Waals surface area contributed by atoms with E-state index in [9.17, 15) is 9.59 Å². The number of piperidine rings is 1. The van der Waals surface area contributed by atoms with Crippen molar-refractivity contribution in [2.45, 2.75) is 57.6 Å². The lowest BCUT2D eigenvalue weighted by molar-refractivity contribution is -0.145. The van der Waals surface area contributed by atoms with E-state index in [1.807, 2.05) is 32.9 Å². The summed E-state index contributed by atoms with van der Waals surface area (Å²) < 4.78 is 10.6. The van der Waals surface area contributed by atoms with Gasteiger partial charge in [-0.3, -0.25) is 0 Å². The predicted octanol–water partition coefficient (Wildman–Crippen LogP) is 4.46. The van der Waals surface area contributed by atoms with Gasteiger partial charge in [-0.25, -0.2) is 16.2 Å². The number of amides is 1. The summed E-state index contributed by atoms with van der Waals surface area (Å²) in [6, 6.07) is 6.23. The first-order valence-electron chi connectivity index (χ1n) is 9.40. The summed E-state index contributed by atoms with van der Waals surface area (Å²) in [7, 11) is 0. The Morgan fingerprint density at radius 3 is 2.29 bits per heavy atom. The molecule has 1 aromatic carbocycles. The van der Waals surface area contributed by atoms with Crippen LogP contribution in [0.1, 0.15) is 46.1 Å². The molecule has 28 heavy (non-hydrogen) atoms. The molecule has 1 amide bonds. The van der Waals surface area contributed by atoms with Gasteiger partial charge in [0.15, 0.2) is 0 Å². The molecule has 0 N–H and O–H groups in total. The van der Waals surface area contributed by atoms with Crippen LogP contribution in [-0.4, -0.2) is 48.3 Å². The second-order valence-electron chi connectivity index (χ2n) is 7.91. The molecule has 152 valence electrons. The Hall–Kier alpha value is -2.26. The number of carbonyl (C=O) groups excluding carboxylic acids is 2. The standard InChI is InChI=1S/C21H27ClN2O4/c1-6-27-18(25)17(23-5)21(15-7-9-16(22)10-8-15)11-13-24(14-12-21)19(26)28-20(2,3)4/h7-10,17H,6,11-14H2,1-4H3. The van der Waals surface area contributed by atoms with Crippen LogP contribution in [0, 0.1) is 6.57 Å². The molecule has 1 aromatic rings. The third kappa shape index (κ3) is 4.96. The van der Waals surface area contributed by atoms with E-state index in [0.29, 0.717) is 31.0 Å². The van der Waals surface area contributed by atoms with Gasteiger partial charge < -0.3 is 19.2 Å². The average Bonchev–Trinajstić information content (AvgIpc) is 2.62. The number of esters is 1. The molecule has 0 radical (unpaired) electrons. The molecule has 1 saturated heterocycles. The average molecular weight is 407 g/mol. The van der Waals surface area contributed by atoms with Gasteiger partial charge in [0, 0.05) is 18.1 Å². The predicted molar refractivity (Wildman–Crippen MR) is 107 cm³/mol. The Kier molecular flexibility index (Phi) is 6.95. The van der Waals surface area contributed by atoms with Crippen molar-refractivity contribution in [2.24, 2.45) is 0 Å². The molecule has 0 spiro atoms. The van der Waals surface area contributed by atoms with E-state index in [0.717, 1.165) is 5.56 Å². The molecular weight excluding hydrogens is 380 g/mol. The van der Waals surface area contributed by atoms with Crippen molar-refractivity contribution < 1.29 is 19.1 Å². The molecular formula is C21H27ClN2O4. The van der Waals surface area contributed by atoms with Crippen LogP contribution in [0.2, 0.25) is 5.02 Å². The van der Waals surface area contributed by atoms with E-state index in [2.05, 4.69) is 4.85 Å². The van der Waals surface area contributed by atoms with E-state index in [1.165, 1.54) is 0 Å². The molecule has 1 aliphatic heterocycles. The fourth-order valence-corrected chi connectivity index (χ4v) is 3.67.